The third-order valence-corrected chi connectivity index (χ3v) is 7.09. The molecule has 0 spiro atoms. The Labute approximate surface area is 142 Å². The van der Waals surface area contributed by atoms with Gasteiger partial charge in [-0.25, -0.2) is 0 Å². The fraction of sp³-hybridized carbons (Fsp3) is 0.762. The van der Waals surface area contributed by atoms with Gasteiger partial charge in [0.05, 0.1) is 7.11 Å². The molecule has 0 amide bonds. The van der Waals surface area contributed by atoms with Crippen LogP contribution in [0.2, 0.25) is 0 Å². The van der Waals surface area contributed by atoms with Crippen LogP contribution >= 0.6 is 0 Å². The van der Waals surface area contributed by atoms with Crippen LogP contribution in [-0.4, -0.2) is 13.1 Å². The molecule has 5 unspecified atom stereocenters. The van der Waals surface area contributed by atoms with Gasteiger partial charge in [-0.1, -0.05) is 51.5 Å². The van der Waals surface area contributed by atoms with Gasteiger partial charge in [0.15, 0.2) is 0 Å². The average molecular weight is 319 g/mol. The largest absolute Gasteiger partial charge is 0.469 e. The number of rotatable bonds is 5. The van der Waals surface area contributed by atoms with Crippen LogP contribution in [0.5, 0.6) is 0 Å². The maximum atomic E-state index is 11.5. The van der Waals surface area contributed by atoms with Gasteiger partial charge >= 0.3 is 5.97 Å². The normalized spacial score (nSPS) is 37.7. The third kappa shape index (κ3) is 3.41. The second-order valence-electron chi connectivity index (χ2n) is 8.50. The molecule has 2 aliphatic carbocycles. The summed E-state index contributed by atoms with van der Waals surface area (Å²) in [5.74, 6) is 1.64. The van der Waals surface area contributed by atoms with Crippen LogP contribution < -0.4 is 0 Å². The topological polar surface area (TPSA) is 26.3 Å². The number of ether oxygens (including phenoxy) is 1. The fourth-order valence-electron chi connectivity index (χ4n) is 4.84. The summed E-state index contributed by atoms with van der Waals surface area (Å²) in [7, 11) is 1.48. The molecule has 0 radical (unpaired) electrons. The first-order valence-corrected chi connectivity index (χ1v) is 9.16. The number of hydrogen-bond donors (Lipinski definition) is 0. The van der Waals surface area contributed by atoms with Crippen LogP contribution in [0.1, 0.15) is 66.7 Å². The van der Waals surface area contributed by atoms with Crippen molar-refractivity contribution in [2.75, 3.05) is 7.11 Å². The Morgan fingerprint density at radius 2 is 2.13 bits per heavy atom. The summed E-state index contributed by atoms with van der Waals surface area (Å²) in [6, 6.07) is 0. The van der Waals surface area contributed by atoms with Gasteiger partial charge in [-0.3, -0.25) is 4.79 Å². The zero-order valence-corrected chi connectivity index (χ0v) is 15.8. The molecule has 0 aromatic rings. The van der Waals surface area contributed by atoms with Crippen LogP contribution in [0.25, 0.3) is 0 Å². The highest BCUT2D eigenvalue weighted by Gasteiger charge is 2.51. The van der Waals surface area contributed by atoms with Crippen molar-refractivity contribution < 1.29 is 9.53 Å². The lowest BCUT2D eigenvalue weighted by molar-refractivity contribution is -0.141. The van der Waals surface area contributed by atoms with Crippen molar-refractivity contribution in [3.8, 4) is 0 Å². The van der Waals surface area contributed by atoms with E-state index >= 15 is 0 Å². The molecule has 0 aromatic carbocycles. The van der Waals surface area contributed by atoms with Crippen molar-refractivity contribution in [2.45, 2.75) is 66.7 Å². The molecule has 130 valence electrons. The fourth-order valence-corrected chi connectivity index (χ4v) is 4.84. The molecular formula is C21H34O2. The van der Waals surface area contributed by atoms with E-state index in [1.165, 1.54) is 31.9 Å². The molecular weight excluding hydrogens is 284 g/mol. The lowest BCUT2D eigenvalue weighted by Gasteiger charge is -2.56. The van der Waals surface area contributed by atoms with Crippen molar-refractivity contribution in [3.05, 3.63) is 23.8 Å². The zero-order chi connectivity index (χ0) is 17.3. The summed E-state index contributed by atoms with van der Waals surface area (Å²) in [4.78, 5) is 11.5. The van der Waals surface area contributed by atoms with E-state index in [0.29, 0.717) is 29.1 Å². The van der Waals surface area contributed by atoms with Crippen molar-refractivity contribution in [1.29, 1.82) is 0 Å². The predicted octanol–water partition coefficient (Wildman–Crippen LogP) is 5.54. The molecule has 1 saturated carbocycles. The van der Waals surface area contributed by atoms with Crippen LogP contribution in [0.4, 0.5) is 0 Å². The van der Waals surface area contributed by atoms with E-state index in [4.69, 9.17) is 4.74 Å². The van der Waals surface area contributed by atoms with E-state index in [2.05, 4.69) is 52.8 Å². The first-order chi connectivity index (χ1) is 10.7. The smallest absolute Gasteiger partial charge is 0.305 e. The quantitative estimate of drug-likeness (QED) is 0.622. The van der Waals surface area contributed by atoms with E-state index in [9.17, 15) is 4.79 Å². The second-order valence-corrected chi connectivity index (χ2v) is 8.50. The van der Waals surface area contributed by atoms with E-state index < -0.39 is 0 Å². The summed E-state index contributed by atoms with van der Waals surface area (Å²) >= 11 is 0. The molecule has 23 heavy (non-hydrogen) atoms. The van der Waals surface area contributed by atoms with Crippen LogP contribution in [0.3, 0.4) is 0 Å². The minimum absolute atomic E-state index is 0.0828. The standard InChI is InChI=1S/C21H34O2/c1-15(14-19(22)23-6)10-12-20(4)17(3)11-13-21(5)16(2)8-7-9-18(20)21/h7-9,15,17-18H,10-14H2,1-6H3. The molecule has 0 bridgehead atoms. The van der Waals surface area contributed by atoms with Gasteiger partial charge in [0.25, 0.3) is 0 Å². The Kier molecular flexibility index (Phi) is 5.43. The maximum Gasteiger partial charge on any atom is 0.305 e. The molecule has 0 saturated heterocycles. The Bertz CT molecular complexity index is 504. The molecule has 2 heteroatoms. The van der Waals surface area contributed by atoms with Gasteiger partial charge in [-0.2, -0.15) is 0 Å². The Morgan fingerprint density at radius 3 is 2.78 bits per heavy atom. The maximum absolute atomic E-state index is 11.5. The average Bonchev–Trinajstić information content (AvgIpc) is 2.52. The van der Waals surface area contributed by atoms with Gasteiger partial charge in [-0.05, 0) is 61.2 Å². The van der Waals surface area contributed by atoms with Crippen molar-refractivity contribution >= 4 is 5.97 Å². The second kappa shape index (κ2) is 6.83. The molecule has 0 aliphatic heterocycles. The van der Waals surface area contributed by atoms with Gasteiger partial charge in [0.2, 0.25) is 0 Å². The van der Waals surface area contributed by atoms with E-state index in [-0.39, 0.29) is 5.97 Å². The predicted molar refractivity (Wildman–Crippen MR) is 96.0 cm³/mol. The highest BCUT2D eigenvalue weighted by atomic mass is 16.5. The molecule has 0 N–H and O–H groups in total. The summed E-state index contributed by atoms with van der Waals surface area (Å²) < 4.78 is 4.82. The highest BCUT2D eigenvalue weighted by molar-refractivity contribution is 5.69. The summed E-state index contributed by atoms with van der Waals surface area (Å²) in [5.41, 5.74) is 2.15. The van der Waals surface area contributed by atoms with E-state index in [1.54, 1.807) is 0 Å². The molecule has 1 fully saturated rings. The number of hydrogen-bond acceptors (Lipinski definition) is 2. The number of carbonyl (C=O) groups excluding carboxylic acids is 1. The molecule has 0 aromatic heterocycles. The first kappa shape index (κ1) is 18.3. The molecule has 0 heterocycles. The summed E-state index contributed by atoms with van der Waals surface area (Å²) in [6.45, 7) is 11.8. The van der Waals surface area contributed by atoms with Crippen LogP contribution in [0, 0.1) is 28.6 Å². The van der Waals surface area contributed by atoms with Crippen LogP contribution in [-0.2, 0) is 9.53 Å². The van der Waals surface area contributed by atoms with Crippen molar-refractivity contribution in [3.63, 3.8) is 0 Å². The number of esters is 1. The van der Waals surface area contributed by atoms with Gasteiger partial charge in [0.1, 0.15) is 0 Å². The Morgan fingerprint density at radius 1 is 1.43 bits per heavy atom. The minimum Gasteiger partial charge on any atom is -0.469 e. The minimum atomic E-state index is -0.0828. The van der Waals surface area contributed by atoms with Crippen molar-refractivity contribution in [1.82, 2.24) is 0 Å². The first-order valence-electron chi connectivity index (χ1n) is 9.16. The molecule has 2 rings (SSSR count). The summed E-state index contributed by atoms with van der Waals surface area (Å²) in [5, 5.41) is 0. The number of allylic oxidation sites excluding steroid dienone is 4. The van der Waals surface area contributed by atoms with Gasteiger partial charge in [0, 0.05) is 6.42 Å². The van der Waals surface area contributed by atoms with Crippen LogP contribution in [0.15, 0.2) is 23.8 Å². The van der Waals surface area contributed by atoms with Crippen molar-refractivity contribution in [2.24, 2.45) is 28.6 Å². The SMILES string of the molecule is COC(=O)CC(C)CCC1(C)C(C)CCC2(C)C(C)=CC=CC21. The highest BCUT2D eigenvalue weighted by Crippen LogP contribution is 2.60. The molecule has 5 atom stereocenters. The lowest BCUT2D eigenvalue weighted by Crippen LogP contribution is -2.48. The van der Waals surface area contributed by atoms with Gasteiger partial charge in [-0.15, -0.1) is 0 Å². The van der Waals surface area contributed by atoms with Gasteiger partial charge < -0.3 is 4.74 Å². The number of methoxy groups -OCH3 is 1. The monoisotopic (exact) mass is 318 g/mol. The zero-order valence-electron chi connectivity index (χ0n) is 15.8. The third-order valence-electron chi connectivity index (χ3n) is 7.09. The summed E-state index contributed by atoms with van der Waals surface area (Å²) in [6.07, 6.45) is 12.4. The molecule has 2 aliphatic rings. The van der Waals surface area contributed by atoms with E-state index in [1.807, 2.05) is 0 Å². The Hall–Kier alpha value is -1.05. The van der Waals surface area contributed by atoms with E-state index in [0.717, 1.165) is 12.3 Å². The molecule has 2 nitrogen and oxygen atoms in total. The number of carbonyl (C=O) groups is 1. The Balaban J connectivity index is 2.12. The lowest BCUT2D eigenvalue weighted by atomic mass is 9.48. The number of fused-ring (bicyclic) bond motifs is 1.